The summed E-state index contributed by atoms with van der Waals surface area (Å²) in [6, 6.07) is 0.442. The molecule has 1 heterocycles. The van der Waals surface area contributed by atoms with Gasteiger partial charge in [-0.25, -0.2) is 0 Å². The highest BCUT2D eigenvalue weighted by Crippen LogP contribution is 2.20. The van der Waals surface area contributed by atoms with Gasteiger partial charge < -0.3 is 10.2 Å². The van der Waals surface area contributed by atoms with Crippen molar-refractivity contribution >= 4 is 5.91 Å². The van der Waals surface area contributed by atoms with E-state index in [1.807, 2.05) is 4.90 Å². The molecule has 1 fully saturated rings. The molecule has 1 aliphatic heterocycles. The summed E-state index contributed by atoms with van der Waals surface area (Å²) in [5.74, 6) is 1.49. The molecule has 0 spiro atoms. The normalized spacial score (nSPS) is 23.6. The van der Waals surface area contributed by atoms with Crippen LogP contribution in [0.2, 0.25) is 0 Å². The van der Waals surface area contributed by atoms with Gasteiger partial charge in [0.15, 0.2) is 0 Å². The lowest BCUT2D eigenvalue weighted by Gasteiger charge is -2.33. The Balaban J connectivity index is 2.44. The van der Waals surface area contributed by atoms with Crippen LogP contribution in [-0.4, -0.2) is 36.5 Å². The predicted octanol–water partition coefficient (Wildman–Crippen LogP) is 1.88. The Bertz CT molecular complexity index is 228. The van der Waals surface area contributed by atoms with Gasteiger partial charge in [0.05, 0.1) is 0 Å². The SMILES string of the molecule is CCC(CC(=O)N1CCNC(C)C1)C(C)C. The standard InChI is InChI=1S/C13H26N2O/c1-5-12(10(2)3)8-13(16)15-7-6-14-11(4)9-15/h10-12,14H,5-9H2,1-4H3. The molecule has 2 unspecified atom stereocenters. The summed E-state index contributed by atoms with van der Waals surface area (Å²) in [7, 11) is 0. The first-order valence-electron chi connectivity index (χ1n) is 6.55. The van der Waals surface area contributed by atoms with Crippen LogP contribution in [0.4, 0.5) is 0 Å². The van der Waals surface area contributed by atoms with Crippen LogP contribution in [0.1, 0.15) is 40.5 Å². The van der Waals surface area contributed by atoms with E-state index in [0.29, 0.717) is 23.8 Å². The fourth-order valence-corrected chi connectivity index (χ4v) is 2.36. The zero-order valence-corrected chi connectivity index (χ0v) is 11.1. The second kappa shape index (κ2) is 6.24. The molecule has 0 aromatic rings. The van der Waals surface area contributed by atoms with Crippen LogP contribution in [0.3, 0.4) is 0 Å². The molecule has 1 amide bonds. The van der Waals surface area contributed by atoms with Crippen molar-refractivity contribution < 1.29 is 4.79 Å². The van der Waals surface area contributed by atoms with Gasteiger partial charge >= 0.3 is 0 Å². The largest absolute Gasteiger partial charge is 0.340 e. The van der Waals surface area contributed by atoms with Crippen LogP contribution in [0.5, 0.6) is 0 Å². The molecule has 0 aromatic heterocycles. The van der Waals surface area contributed by atoms with Gasteiger partial charge in [-0.1, -0.05) is 27.2 Å². The number of carbonyl (C=O) groups excluding carboxylic acids is 1. The first kappa shape index (κ1) is 13.5. The van der Waals surface area contributed by atoms with Crippen LogP contribution in [0.25, 0.3) is 0 Å². The summed E-state index contributed by atoms with van der Waals surface area (Å²) in [5, 5.41) is 3.36. The zero-order chi connectivity index (χ0) is 12.1. The number of nitrogens with one attached hydrogen (secondary N) is 1. The van der Waals surface area contributed by atoms with Gasteiger partial charge in [-0.05, 0) is 18.8 Å². The van der Waals surface area contributed by atoms with Crippen LogP contribution >= 0.6 is 0 Å². The van der Waals surface area contributed by atoms with Crippen molar-refractivity contribution in [3.8, 4) is 0 Å². The Morgan fingerprint density at radius 2 is 2.19 bits per heavy atom. The van der Waals surface area contributed by atoms with Gasteiger partial charge in [0.1, 0.15) is 0 Å². The smallest absolute Gasteiger partial charge is 0.222 e. The first-order valence-corrected chi connectivity index (χ1v) is 6.55. The summed E-state index contributed by atoms with van der Waals surface area (Å²) in [4.78, 5) is 14.1. The highest BCUT2D eigenvalue weighted by atomic mass is 16.2. The number of piperazine rings is 1. The van der Waals surface area contributed by atoms with E-state index in [4.69, 9.17) is 0 Å². The molecule has 1 N–H and O–H groups in total. The average Bonchev–Trinajstić information content (AvgIpc) is 2.25. The van der Waals surface area contributed by atoms with E-state index < -0.39 is 0 Å². The van der Waals surface area contributed by atoms with E-state index >= 15 is 0 Å². The Hall–Kier alpha value is -0.570. The minimum absolute atomic E-state index is 0.342. The van der Waals surface area contributed by atoms with Crippen LogP contribution in [0.15, 0.2) is 0 Å². The molecular formula is C13H26N2O. The maximum absolute atomic E-state index is 12.1. The Morgan fingerprint density at radius 1 is 1.50 bits per heavy atom. The van der Waals surface area contributed by atoms with E-state index in [1.165, 1.54) is 0 Å². The van der Waals surface area contributed by atoms with Crippen molar-refractivity contribution in [3.63, 3.8) is 0 Å². The third-order valence-corrected chi connectivity index (χ3v) is 3.63. The molecule has 94 valence electrons. The van der Waals surface area contributed by atoms with E-state index in [1.54, 1.807) is 0 Å². The number of amides is 1. The van der Waals surface area contributed by atoms with Gasteiger partial charge in [0, 0.05) is 32.1 Å². The highest BCUT2D eigenvalue weighted by molar-refractivity contribution is 5.76. The molecule has 2 atom stereocenters. The van der Waals surface area contributed by atoms with E-state index in [9.17, 15) is 4.79 Å². The van der Waals surface area contributed by atoms with Crippen molar-refractivity contribution in [1.29, 1.82) is 0 Å². The van der Waals surface area contributed by atoms with Gasteiger partial charge in [-0.3, -0.25) is 4.79 Å². The van der Waals surface area contributed by atoms with Crippen molar-refractivity contribution in [2.24, 2.45) is 11.8 Å². The third kappa shape index (κ3) is 3.78. The Kier molecular flexibility index (Phi) is 5.26. The molecule has 0 saturated carbocycles. The molecule has 0 bridgehead atoms. The Labute approximate surface area is 99.6 Å². The number of rotatable bonds is 4. The first-order chi connectivity index (χ1) is 7.54. The van der Waals surface area contributed by atoms with Crippen molar-refractivity contribution in [2.75, 3.05) is 19.6 Å². The quantitative estimate of drug-likeness (QED) is 0.794. The topological polar surface area (TPSA) is 32.3 Å². The van der Waals surface area contributed by atoms with Crippen molar-refractivity contribution in [3.05, 3.63) is 0 Å². The molecule has 1 rings (SSSR count). The van der Waals surface area contributed by atoms with Crippen LogP contribution in [-0.2, 0) is 4.79 Å². The average molecular weight is 226 g/mol. The summed E-state index contributed by atoms with van der Waals surface area (Å²) >= 11 is 0. The molecule has 1 aliphatic rings. The number of hydrogen-bond acceptors (Lipinski definition) is 2. The molecule has 3 nitrogen and oxygen atoms in total. The minimum Gasteiger partial charge on any atom is -0.340 e. The van der Waals surface area contributed by atoms with E-state index in [0.717, 1.165) is 32.5 Å². The molecule has 16 heavy (non-hydrogen) atoms. The summed E-state index contributed by atoms with van der Waals surface area (Å²) in [6.07, 6.45) is 1.83. The summed E-state index contributed by atoms with van der Waals surface area (Å²) < 4.78 is 0. The molecule has 0 radical (unpaired) electrons. The van der Waals surface area contributed by atoms with Crippen LogP contribution < -0.4 is 5.32 Å². The maximum Gasteiger partial charge on any atom is 0.222 e. The monoisotopic (exact) mass is 226 g/mol. The fourth-order valence-electron chi connectivity index (χ4n) is 2.36. The molecule has 0 aromatic carbocycles. The van der Waals surface area contributed by atoms with Gasteiger partial charge in [0.2, 0.25) is 5.91 Å². The highest BCUT2D eigenvalue weighted by Gasteiger charge is 2.23. The van der Waals surface area contributed by atoms with Crippen molar-refractivity contribution in [2.45, 2.75) is 46.6 Å². The second-order valence-electron chi connectivity index (χ2n) is 5.31. The second-order valence-corrected chi connectivity index (χ2v) is 5.31. The van der Waals surface area contributed by atoms with Crippen molar-refractivity contribution in [1.82, 2.24) is 10.2 Å². The summed E-state index contributed by atoms with van der Waals surface area (Å²) in [5.41, 5.74) is 0. The fraction of sp³-hybridized carbons (Fsp3) is 0.923. The molecule has 1 saturated heterocycles. The lowest BCUT2D eigenvalue weighted by Crippen LogP contribution is -2.51. The summed E-state index contributed by atoms with van der Waals surface area (Å²) in [6.45, 7) is 11.4. The number of nitrogens with zero attached hydrogens (tertiary/aromatic N) is 1. The van der Waals surface area contributed by atoms with E-state index in [-0.39, 0.29) is 0 Å². The Morgan fingerprint density at radius 3 is 2.69 bits per heavy atom. The van der Waals surface area contributed by atoms with Gasteiger partial charge in [-0.15, -0.1) is 0 Å². The van der Waals surface area contributed by atoms with Gasteiger partial charge in [0.25, 0.3) is 0 Å². The predicted molar refractivity (Wildman–Crippen MR) is 67.3 cm³/mol. The molecular weight excluding hydrogens is 200 g/mol. The van der Waals surface area contributed by atoms with Crippen LogP contribution in [0, 0.1) is 11.8 Å². The lowest BCUT2D eigenvalue weighted by molar-refractivity contribution is -0.133. The number of hydrogen-bond donors (Lipinski definition) is 1. The number of carbonyl (C=O) groups is 1. The van der Waals surface area contributed by atoms with E-state index in [2.05, 4.69) is 33.0 Å². The zero-order valence-electron chi connectivity index (χ0n) is 11.1. The molecule has 0 aliphatic carbocycles. The lowest BCUT2D eigenvalue weighted by atomic mass is 9.89. The maximum atomic E-state index is 12.1. The molecule has 3 heteroatoms. The third-order valence-electron chi connectivity index (χ3n) is 3.63. The minimum atomic E-state index is 0.342. The van der Waals surface area contributed by atoms with Gasteiger partial charge in [-0.2, -0.15) is 0 Å².